The molecule has 0 saturated heterocycles. The lowest BCUT2D eigenvalue weighted by Crippen LogP contribution is -2.20. The van der Waals surface area contributed by atoms with E-state index in [1.54, 1.807) is 6.21 Å². The van der Waals surface area contributed by atoms with Crippen molar-refractivity contribution in [1.29, 1.82) is 0 Å². The van der Waals surface area contributed by atoms with Gasteiger partial charge >= 0.3 is 0 Å². The number of carbonyl (C=O) groups is 1. The van der Waals surface area contributed by atoms with E-state index >= 15 is 0 Å². The second kappa shape index (κ2) is 9.14. The van der Waals surface area contributed by atoms with Crippen LogP contribution < -0.4 is 5.43 Å². The van der Waals surface area contributed by atoms with Crippen LogP contribution in [0, 0.1) is 6.92 Å². The summed E-state index contributed by atoms with van der Waals surface area (Å²) in [5.41, 5.74) is 5.65. The Kier molecular flexibility index (Phi) is 6.38. The Balaban J connectivity index is 1.58. The molecule has 7 heteroatoms. The number of aromatic nitrogens is 3. The van der Waals surface area contributed by atoms with Crippen molar-refractivity contribution >= 4 is 23.9 Å². The largest absolute Gasteiger partial charge is 0.302 e. The summed E-state index contributed by atoms with van der Waals surface area (Å²) in [7, 11) is 0. The van der Waals surface area contributed by atoms with Gasteiger partial charge in [-0.05, 0) is 19.4 Å². The van der Waals surface area contributed by atoms with Gasteiger partial charge in [0, 0.05) is 12.1 Å². The summed E-state index contributed by atoms with van der Waals surface area (Å²) in [6.45, 7) is 4.78. The molecule has 1 aromatic heterocycles. The van der Waals surface area contributed by atoms with Crippen molar-refractivity contribution in [3.8, 4) is 11.4 Å². The maximum absolute atomic E-state index is 12.0. The summed E-state index contributed by atoms with van der Waals surface area (Å²) in [5.74, 6) is 0.840. The van der Waals surface area contributed by atoms with E-state index in [0.29, 0.717) is 5.16 Å². The highest BCUT2D eigenvalue weighted by Crippen LogP contribution is 2.23. The third-order valence-corrected chi connectivity index (χ3v) is 4.81. The molecule has 0 fully saturated rings. The molecule has 0 aliphatic carbocycles. The highest BCUT2D eigenvalue weighted by molar-refractivity contribution is 7.99. The topological polar surface area (TPSA) is 72.2 Å². The van der Waals surface area contributed by atoms with Crippen LogP contribution in [0.2, 0.25) is 0 Å². The zero-order chi connectivity index (χ0) is 19.1. The van der Waals surface area contributed by atoms with Crippen LogP contribution in [0.5, 0.6) is 0 Å². The average molecular weight is 379 g/mol. The van der Waals surface area contributed by atoms with Crippen LogP contribution in [-0.2, 0) is 11.3 Å². The number of hydrazone groups is 1. The predicted octanol–water partition coefficient (Wildman–Crippen LogP) is 3.52. The molecule has 0 radical (unpaired) electrons. The van der Waals surface area contributed by atoms with E-state index in [1.807, 2.05) is 73.0 Å². The Morgan fingerprint density at radius 1 is 1.19 bits per heavy atom. The van der Waals surface area contributed by atoms with Crippen LogP contribution in [0.15, 0.2) is 64.9 Å². The molecule has 2 aromatic carbocycles. The lowest BCUT2D eigenvalue weighted by atomic mass is 10.2. The van der Waals surface area contributed by atoms with E-state index in [0.717, 1.165) is 29.1 Å². The molecule has 1 heterocycles. The van der Waals surface area contributed by atoms with E-state index in [2.05, 4.69) is 20.7 Å². The predicted molar refractivity (Wildman–Crippen MR) is 109 cm³/mol. The first kappa shape index (κ1) is 18.8. The molecule has 0 aliphatic rings. The second-order valence-corrected chi connectivity index (χ2v) is 6.85. The molecule has 6 nitrogen and oxygen atoms in total. The number of carbonyl (C=O) groups excluding carboxylic acids is 1. The van der Waals surface area contributed by atoms with Crippen LogP contribution in [0.4, 0.5) is 0 Å². The molecule has 27 heavy (non-hydrogen) atoms. The lowest BCUT2D eigenvalue weighted by molar-refractivity contribution is -0.118. The van der Waals surface area contributed by atoms with Gasteiger partial charge in [0.15, 0.2) is 11.0 Å². The monoisotopic (exact) mass is 379 g/mol. The molecule has 0 unspecified atom stereocenters. The number of aryl methyl sites for hydroxylation is 1. The van der Waals surface area contributed by atoms with Crippen molar-refractivity contribution in [3.05, 3.63) is 65.7 Å². The number of benzene rings is 2. The molecule has 0 atom stereocenters. The molecule has 3 aromatic rings. The Morgan fingerprint density at radius 2 is 2.00 bits per heavy atom. The van der Waals surface area contributed by atoms with Crippen molar-refractivity contribution in [2.75, 3.05) is 5.75 Å². The molecular weight excluding hydrogens is 358 g/mol. The summed E-state index contributed by atoms with van der Waals surface area (Å²) in [4.78, 5) is 12.0. The third-order valence-electron chi connectivity index (χ3n) is 3.84. The second-order valence-electron chi connectivity index (χ2n) is 5.91. The third kappa shape index (κ3) is 5.04. The van der Waals surface area contributed by atoms with Crippen LogP contribution >= 0.6 is 11.8 Å². The Morgan fingerprint density at radius 3 is 2.74 bits per heavy atom. The van der Waals surface area contributed by atoms with Crippen LogP contribution in [-0.4, -0.2) is 32.6 Å². The maximum atomic E-state index is 12.0. The van der Waals surface area contributed by atoms with Gasteiger partial charge in [-0.25, -0.2) is 5.43 Å². The van der Waals surface area contributed by atoms with Crippen molar-refractivity contribution in [2.45, 2.75) is 25.5 Å². The quantitative estimate of drug-likeness (QED) is 0.387. The van der Waals surface area contributed by atoms with Crippen LogP contribution in [0.1, 0.15) is 18.1 Å². The van der Waals surface area contributed by atoms with Gasteiger partial charge in [-0.2, -0.15) is 5.10 Å². The first-order valence-electron chi connectivity index (χ1n) is 8.67. The minimum atomic E-state index is -0.184. The molecule has 0 spiro atoms. The Hall–Kier alpha value is -2.93. The zero-order valence-corrected chi connectivity index (χ0v) is 16.1. The number of amides is 1. The highest BCUT2D eigenvalue weighted by atomic mass is 32.2. The zero-order valence-electron chi connectivity index (χ0n) is 15.3. The highest BCUT2D eigenvalue weighted by Gasteiger charge is 2.14. The summed E-state index contributed by atoms with van der Waals surface area (Å²) in [5, 5.41) is 13.2. The van der Waals surface area contributed by atoms with E-state index in [9.17, 15) is 4.79 Å². The molecule has 0 saturated carbocycles. The Labute approximate surface area is 162 Å². The van der Waals surface area contributed by atoms with Gasteiger partial charge in [0.05, 0.1) is 12.0 Å². The normalized spacial score (nSPS) is 11.0. The number of nitrogens with one attached hydrogen (secondary N) is 1. The van der Waals surface area contributed by atoms with Gasteiger partial charge in [0.25, 0.3) is 5.91 Å². The number of hydrogen-bond donors (Lipinski definition) is 1. The molecule has 3 rings (SSSR count). The summed E-state index contributed by atoms with van der Waals surface area (Å²) >= 11 is 1.35. The fraction of sp³-hybridized carbons (Fsp3) is 0.200. The fourth-order valence-corrected chi connectivity index (χ4v) is 3.37. The van der Waals surface area contributed by atoms with Gasteiger partial charge in [-0.1, -0.05) is 71.9 Å². The van der Waals surface area contributed by atoms with Crippen molar-refractivity contribution in [3.63, 3.8) is 0 Å². The van der Waals surface area contributed by atoms with Crippen molar-refractivity contribution in [1.82, 2.24) is 20.2 Å². The van der Waals surface area contributed by atoms with Gasteiger partial charge < -0.3 is 4.57 Å². The molecule has 138 valence electrons. The molecule has 0 aliphatic heterocycles. The number of rotatable bonds is 7. The maximum Gasteiger partial charge on any atom is 0.250 e. The van der Waals surface area contributed by atoms with Crippen LogP contribution in [0.3, 0.4) is 0 Å². The van der Waals surface area contributed by atoms with E-state index in [4.69, 9.17) is 0 Å². The SMILES string of the molecule is CCn1c(SCC(=O)N/N=C\c2cccc(C)c2)nnc1-c1ccccc1. The van der Waals surface area contributed by atoms with Crippen molar-refractivity contribution in [2.24, 2.45) is 5.10 Å². The molecule has 1 N–H and O–H groups in total. The van der Waals surface area contributed by atoms with Gasteiger partial charge in [-0.3, -0.25) is 4.79 Å². The lowest BCUT2D eigenvalue weighted by Gasteiger charge is -2.06. The average Bonchev–Trinajstić information content (AvgIpc) is 3.10. The van der Waals surface area contributed by atoms with Gasteiger partial charge in [0.1, 0.15) is 0 Å². The molecule has 0 bridgehead atoms. The van der Waals surface area contributed by atoms with E-state index < -0.39 is 0 Å². The Bertz CT molecular complexity index is 937. The smallest absolute Gasteiger partial charge is 0.250 e. The summed E-state index contributed by atoms with van der Waals surface area (Å²) in [6.07, 6.45) is 1.64. The van der Waals surface area contributed by atoms with E-state index in [-0.39, 0.29) is 11.7 Å². The first-order chi connectivity index (χ1) is 13.2. The minimum Gasteiger partial charge on any atom is -0.302 e. The molecule has 1 amide bonds. The minimum absolute atomic E-state index is 0.184. The first-order valence-corrected chi connectivity index (χ1v) is 9.66. The van der Waals surface area contributed by atoms with Crippen molar-refractivity contribution < 1.29 is 4.79 Å². The summed E-state index contributed by atoms with van der Waals surface area (Å²) in [6, 6.07) is 17.8. The van der Waals surface area contributed by atoms with Gasteiger partial charge in [-0.15, -0.1) is 10.2 Å². The number of nitrogens with zero attached hydrogens (tertiary/aromatic N) is 4. The molecular formula is C20H21N5OS. The van der Waals surface area contributed by atoms with E-state index in [1.165, 1.54) is 11.8 Å². The number of thioether (sulfide) groups is 1. The fourth-order valence-electron chi connectivity index (χ4n) is 2.57. The van der Waals surface area contributed by atoms with Crippen LogP contribution in [0.25, 0.3) is 11.4 Å². The van der Waals surface area contributed by atoms with Gasteiger partial charge in [0.2, 0.25) is 0 Å². The standard InChI is InChI=1S/C20H21N5OS/c1-3-25-19(17-10-5-4-6-11-17)23-24-20(25)27-14-18(26)22-21-13-16-9-7-8-15(2)12-16/h4-13H,3,14H2,1-2H3,(H,22,26)/b21-13-. The number of hydrogen-bond acceptors (Lipinski definition) is 5. The summed E-state index contributed by atoms with van der Waals surface area (Å²) < 4.78 is 2.00.